The zero-order chi connectivity index (χ0) is 66.2. The molecule has 0 aromatic heterocycles. The molecular weight excluding hydrogens is 721 g/mol. The lowest BCUT2D eigenvalue weighted by Gasteiger charge is -2.41. The molecule has 0 radical (unpaired) electrons. The Bertz CT molecular complexity index is 4480. The Kier molecular flexibility index (Phi) is 3.43. The number of benzene rings is 7. The van der Waals surface area contributed by atoms with Crippen LogP contribution < -0.4 is 0 Å². The molecule has 0 saturated heterocycles. The van der Waals surface area contributed by atoms with Crippen LogP contribution in [0.1, 0.15) is 123 Å². The molecular formula is C55H46N2S. The molecule has 0 bridgehead atoms. The molecule has 4 aliphatic rings. The van der Waals surface area contributed by atoms with Crippen molar-refractivity contribution in [2.24, 2.45) is 15.4 Å². The maximum Gasteiger partial charge on any atom is 0.111 e. The van der Waals surface area contributed by atoms with E-state index in [1.807, 2.05) is 0 Å². The van der Waals surface area contributed by atoms with Crippen molar-refractivity contribution in [2.45, 2.75) is 68.3 Å². The van der Waals surface area contributed by atoms with Crippen molar-refractivity contribution in [1.82, 2.24) is 0 Å². The molecule has 11 rings (SSSR count). The monoisotopic (exact) mass is 798 g/mol. The van der Waals surface area contributed by atoms with Gasteiger partial charge in [-0.2, -0.15) is 0 Å². The molecule has 0 spiro atoms. The maximum absolute atomic E-state index is 9.92. The number of rotatable bonds is 4. The Morgan fingerprint density at radius 2 is 1.16 bits per heavy atom. The van der Waals surface area contributed by atoms with Gasteiger partial charge in [0.25, 0.3) is 0 Å². The molecule has 3 atom stereocenters. The molecule has 0 fully saturated rings. The topological polar surface area (TPSA) is 24.7 Å². The van der Waals surface area contributed by atoms with Crippen LogP contribution in [0.3, 0.4) is 0 Å². The average molecular weight is 798 g/mol. The van der Waals surface area contributed by atoms with E-state index >= 15 is 0 Å². The van der Waals surface area contributed by atoms with Crippen molar-refractivity contribution in [2.75, 3.05) is 0 Å². The normalized spacial score (nSPS) is 28.7. The number of hydrogen-bond acceptors (Lipinski definition) is 3. The van der Waals surface area contributed by atoms with Crippen LogP contribution in [0.4, 0.5) is 0 Å². The van der Waals surface area contributed by atoms with Crippen LogP contribution in [0, 0.1) is 5.41 Å². The van der Waals surface area contributed by atoms with Gasteiger partial charge in [-0.05, 0) is 131 Å². The third-order valence-electron chi connectivity index (χ3n) is 11.0. The molecule has 3 heteroatoms. The average Bonchev–Trinajstić information content (AvgIpc) is 1.52. The predicted octanol–water partition coefficient (Wildman–Crippen LogP) is 14.4. The number of fused-ring (bicyclic) bond motifs is 9. The van der Waals surface area contributed by atoms with Crippen molar-refractivity contribution in [3.8, 4) is 55.6 Å². The first-order chi connectivity index (χ1) is 41.0. The zero-order valence-electron chi connectivity index (χ0n) is 61.8. The fourth-order valence-electron chi connectivity index (χ4n) is 7.99. The third kappa shape index (κ3) is 5.12. The third-order valence-corrected chi connectivity index (χ3v) is 12.3. The molecule has 0 N–H and O–H groups in total. The van der Waals surface area contributed by atoms with Crippen molar-refractivity contribution in [3.05, 3.63) is 185 Å². The van der Waals surface area contributed by atoms with Gasteiger partial charge in [-0.25, -0.2) is 4.99 Å². The minimum atomic E-state index is -3.77. The molecule has 3 unspecified atom stereocenters. The van der Waals surface area contributed by atoms with Crippen LogP contribution in [-0.2, 0) is 10.8 Å². The molecule has 2 heterocycles. The Balaban J connectivity index is 1.07. The van der Waals surface area contributed by atoms with Crippen LogP contribution >= 0.6 is 11.8 Å². The summed E-state index contributed by atoms with van der Waals surface area (Å²) in [5.41, 5.74) is -16.3. The SMILES string of the molecule is [2H]c1c([2H])c(C2=NC=NC3c4cc(-c5c([2H])c([2H])c([2H])c(-c6c([2H])c([2H])c7c(c6[2H])C(C([2H])([2H])[2H])(C([2H])([2H])[2H])c6c([2H])c([2H])c([2H])c([2H])c6-7)c5[2H])ccc4SC23)c([2H])c(-c2c([2H])c([2H])c3c(c2[2H])C(C([2H])([2H])[2H])(C(C)(C)C)c2c([2H])c([2H])c([2H])c([2H])c2-3)c1[2H]. The van der Waals surface area contributed by atoms with E-state index in [0.29, 0.717) is 10.5 Å². The summed E-state index contributed by atoms with van der Waals surface area (Å²) in [6.07, 6.45) is 1.08. The van der Waals surface area contributed by atoms with Gasteiger partial charge in [-0.1, -0.05) is 156 Å². The highest BCUT2D eigenvalue weighted by Crippen LogP contribution is 2.58. The van der Waals surface area contributed by atoms with Crippen molar-refractivity contribution >= 4 is 23.8 Å². The van der Waals surface area contributed by atoms with Crippen LogP contribution in [-0.4, -0.2) is 17.3 Å². The van der Waals surface area contributed by atoms with E-state index in [1.54, 1.807) is 0 Å². The van der Waals surface area contributed by atoms with Crippen molar-refractivity contribution in [3.63, 3.8) is 0 Å². The summed E-state index contributed by atoms with van der Waals surface area (Å²) in [7, 11) is 0. The first kappa shape index (κ1) is 15.8. The van der Waals surface area contributed by atoms with E-state index in [4.69, 9.17) is 27.4 Å². The van der Waals surface area contributed by atoms with E-state index in [0.717, 1.165) is 18.1 Å². The fourth-order valence-corrected chi connectivity index (χ4v) is 9.36. The molecule has 0 amide bonds. The summed E-state index contributed by atoms with van der Waals surface area (Å²) in [6, 6.07) is -15.9. The molecule has 7 aromatic rings. The summed E-state index contributed by atoms with van der Waals surface area (Å²) in [5.74, 6) is 0. The summed E-state index contributed by atoms with van der Waals surface area (Å²) >= 11 is 1.09. The second-order valence-electron chi connectivity index (χ2n) is 15.3. The van der Waals surface area contributed by atoms with Gasteiger partial charge in [-0.3, -0.25) is 4.99 Å². The quantitative estimate of drug-likeness (QED) is 0.174. The summed E-state index contributed by atoms with van der Waals surface area (Å²) in [4.78, 5) is 9.55. The second kappa shape index (κ2) is 12.6. The van der Waals surface area contributed by atoms with E-state index in [2.05, 4.69) is 9.98 Å². The lowest BCUT2D eigenvalue weighted by atomic mass is 9.62. The van der Waals surface area contributed by atoms with Crippen LogP contribution in [0.15, 0.2) is 166 Å². The van der Waals surface area contributed by atoms with Crippen LogP contribution in [0.25, 0.3) is 55.6 Å². The first-order valence-electron chi connectivity index (χ1n) is 33.6. The summed E-state index contributed by atoms with van der Waals surface area (Å²) < 4.78 is 281. The lowest BCUT2D eigenvalue weighted by Crippen LogP contribution is -2.36. The summed E-state index contributed by atoms with van der Waals surface area (Å²) in [5, 5.41) is -1.00. The molecule has 58 heavy (non-hydrogen) atoms. The predicted molar refractivity (Wildman–Crippen MR) is 246 cm³/mol. The standard InChI is InChI=1S/C55H46N2S/c1-53(2,3)55(6)46-20-10-8-18-41(46)43-25-22-38(31-48(43)55)35-15-12-16-39(28-35)50-52-51(57-32-56-50)44-29-36(23-26-49(44)58-52)33-13-11-14-34(27-33)37-21-24-42-40-17-7-9-19-45(40)54(4,5)47(42)30-37/h7-32,51-52H,1-6H3/i4D3,5D3,6D3,7D,8D,9D,10D,11D,12D,13D,14D,15D,16D,17D,18D,19D,20D,21D,22D,24D,25D,27D,28D,30D,31D. The Morgan fingerprint density at radius 1 is 0.569 bits per heavy atom. The van der Waals surface area contributed by atoms with E-state index < -0.39 is 259 Å². The van der Waals surface area contributed by atoms with E-state index in [-0.39, 0.29) is 11.3 Å². The first-order valence-corrected chi connectivity index (χ1v) is 19.0. The van der Waals surface area contributed by atoms with E-state index in [9.17, 15) is 15.1 Å². The maximum atomic E-state index is 9.92. The molecule has 282 valence electrons. The molecule has 2 aliphatic heterocycles. The molecule has 2 nitrogen and oxygen atoms in total. The van der Waals surface area contributed by atoms with Gasteiger partial charge in [0, 0.05) is 28.1 Å². The van der Waals surface area contributed by atoms with E-state index in [1.165, 1.54) is 39.0 Å². The number of nitrogens with zero attached hydrogens (tertiary/aromatic N) is 2. The smallest absolute Gasteiger partial charge is 0.111 e. The van der Waals surface area contributed by atoms with Gasteiger partial charge < -0.3 is 0 Å². The highest BCUT2D eigenvalue weighted by atomic mass is 32.2. The number of thioether (sulfide) groups is 1. The fraction of sp³-hybridized carbons (Fsp3) is 0.200. The number of aliphatic imine (C=N–C) groups is 2. The molecule has 2 aliphatic carbocycles. The largest absolute Gasteiger partial charge is 0.264 e. The minimum Gasteiger partial charge on any atom is -0.264 e. The zero-order valence-corrected chi connectivity index (χ0v) is 31.6. The Labute approximate surface area is 390 Å². The van der Waals surface area contributed by atoms with Crippen LogP contribution in [0.5, 0.6) is 0 Å². The van der Waals surface area contributed by atoms with Gasteiger partial charge in [-0.15, -0.1) is 11.8 Å². The highest BCUT2D eigenvalue weighted by Gasteiger charge is 2.47. The van der Waals surface area contributed by atoms with Gasteiger partial charge >= 0.3 is 0 Å². The summed E-state index contributed by atoms with van der Waals surface area (Å²) in [6.45, 7) is -6.34. The minimum absolute atomic E-state index is 0.0152. The van der Waals surface area contributed by atoms with Gasteiger partial charge in [0.1, 0.15) is 6.34 Å². The lowest BCUT2D eigenvalue weighted by molar-refractivity contribution is 0.255. The van der Waals surface area contributed by atoms with Gasteiger partial charge in [0.05, 0.1) is 47.2 Å². The molecule has 7 aromatic carbocycles. The van der Waals surface area contributed by atoms with Crippen molar-refractivity contribution < 1.29 is 42.5 Å². The van der Waals surface area contributed by atoms with Gasteiger partial charge in [0.15, 0.2) is 0 Å². The van der Waals surface area contributed by atoms with Gasteiger partial charge in [0.2, 0.25) is 0 Å². The number of hydrogen-bond donors (Lipinski definition) is 0. The van der Waals surface area contributed by atoms with Crippen LogP contribution in [0.2, 0.25) is 0 Å². The Morgan fingerprint density at radius 3 is 1.86 bits per heavy atom. The molecule has 0 saturated carbocycles. The Hall–Kier alpha value is -5.77. The van der Waals surface area contributed by atoms with Crippen molar-refractivity contribution in [1.29, 1.82) is 0 Å². The second-order valence-corrected chi connectivity index (χ2v) is 16.4. The highest BCUT2D eigenvalue weighted by molar-refractivity contribution is 8.01.